The van der Waals surface area contributed by atoms with E-state index in [9.17, 15) is 18.3 Å². The van der Waals surface area contributed by atoms with Gasteiger partial charge in [0, 0.05) is 58.1 Å². The van der Waals surface area contributed by atoms with Crippen LogP contribution >= 0.6 is 0 Å². The molecule has 2 aromatic carbocycles. The fourth-order valence-corrected chi connectivity index (χ4v) is 7.53. The molecule has 2 N–H and O–H groups in total. The number of phenolic OH excluding ortho intramolecular Hbond substituents is 1. The van der Waals surface area contributed by atoms with Crippen LogP contribution in [-0.2, 0) is 0 Å². The van der Waals surface area contributed by atoms with Crippen molar-refractivity contribution in [1.82, 2.24) is 25.2 Å². The van der Waals surface area contributed by atoms with Gasteiger partial charge in [-0.05, 0) is 56.4 Å². The van der Waals surface area contributed by atoms with Crippen molar-refractivity contribution in [2.75, 3.05) is 51.8 Å². The predicted octanol–water partition coefficient (Wildman–Crippen LogP) is 5.36. The summed E-state index contributed by atoms with van der Waals surface area (Å²) >= 11 is 0. The number of nitrogens with one attached hydrogen (secondary N) is 1. The van der Waals surface area contributed by atoms with E-state index in [4.69, 9.17) is 20.0 Å². The predicted molar refractivity (Wildman–Crippen MR) is 174 cm³/mol. The first-order valence-electron chi connectivity index (χ1n) is 17.2. The number of nitrogens with zero attached hydrogens (tertiary/aromatic N) is 5. The summed E-state index contributed by atoms with van der Waals surface area (Å²) in [6.45, 7) is -0.550. The molecular formula is C35H36F4N6O3. The number of terminal acetylenes is 1. The van der Waals surface area contributed by atoms with Gasteiger partial charge in [-0.3, -0.25) is 0 Å². The third-order valence-corrected chi connectivity index (χ3v) is 9.87. The number of anilines is 1. The third-order valence-electron chi connectivity index (χ3n) is 9.87. The molecule has 0 radical (unpaired) electrons. The number of alkyl halides is 2. The molecule has 9 nitrogen and oxygen atoms in total. The minimum atomic E-state index is -2.74. The lowest BCUT2D eigenvalue weighted by Crippen LogP contribution is -2.51. The van der Waals surface area contributed by atoms with Gasteiger partial charge >= 0.3 is 6.01 Å². The van der Waals surface area contributed by atoms with E-state index in [1.165, 1.54) is 30.2 Å². The minimum absolute atomic E-state index is 0.0164. The van der Waals surface area contributed by atoms with Crippen LogP contribution in [0.2, 0.25) is 0 Å². The normalized spacial score (nSPS) is 25.6. The molecule has 252 valence electrons. The van der Waals surface area contributed by atoms with Crippen LogP contribution in [0.5, 0.6) is 17.6 Å². The highest BCUT2D eigenvalue weighted by Gasteiger charge is 2.45. The number of benzene rings is 2. The van der Waals surface area contributed by atoms with Crippen LogP contribution < -0.4 is 19.7 Å². The van der Waals surface area contributed by atoms with Crippen molar-refractivity contribution in [2.45, 2.75) is 44.7 Å². The number of likely N-dealkylation sites (tertiary alicyclic amines) is 1. The van der Waals surface area contributed by atoms with Crippen LogP contribution in [0, 0.1) is 35.3 Å². The highest BCUT2D eigenvalue weighted by Crippen LogP contribution is 2.43. The zero-order valence-electron chi connectivity index (χ0n) is 29.4. The van der Waals surface area contributed by atoms with E-state index in [0.29, 0.717) is 18.5 Å². The number of phenols is 1. The van der Waals surface area contributed by atoms with Gasteiger partial charge < -0.3 is 29.7 Å². The Labute approximate surface area is 279 Å². The van der Waals surface area contributed by atoms with E-state index in [1.807, 2.05) is 4.90 Å². The molecule has 0 aliphatic carbocycles. The van der Waals surface area contributed by atoms with Gasteiger partial charge in [0.25, 0.3) is 0 Å². The fourth-order valence-electron chi connectivity index (χ4n) is 7.53. The van der Waals surface area contributed by atoms with Crippen LogP contribution in [0.1, 0.15) is 35.9 Å². The molecule has 2 bridgehead atoms. The number of methoxy groups -OCH3 is 1. The van der Waals surface area contributed by atoms with Gasteiger partial charge in [0.1, 0.15) is 34.0 Å². The molecule has 7 rings (SSSR count). The Morgan fingerprint density at radius 1 is 1.15 bits per heavy atom. The van der Waals surface area contributed by atoms with Crippen LogP contribution in [0.4, 0.5) is 23.4 Å². The Balaban J connectivity index is 1.40. The molecule has 3 aliphatic rings. The fraction of sp³-hybridized carbons (Fsp3) is 0.457. The first-order chi connectivity index (χ1) is 24.2. The Morgan fingerprint density at radius 2 is 1.92 bits per heavy atom. The Morgan fingerprint density at radius 3 is 2.60 bits per heavy atom. The van der Waals surface area contributed by atoms with E-state index in [1.54, 1.807) is 6.92 Å². The van der Waals surface area contributed by atoms with Crippen molar-refractivity contribution < 1.29 is 36.3 Å². The van der Waals surface area contributed by atoms with Gasteiger partial charge in [-0.25, -0.2) is 22.5 Å². The third kappa shape index (κ3) is 5.50. The van der Waals surface area contributed by atoms with Crippen LogP contribution in [0.15, 0.2) is 24.3 Å². The van der Waals surface area contributed by atoms with Gasteiger partial charge in [0.2, 0.25) is 12.3 Å². The summed E-state index contributed by atoms with van der Waals surface area (Å²) in [7, 11) is 1.34. The van der Waals surface area contributed by atoms with Gasteiger partial charge in [0.15, 0.2) is 5.82 Å². The average Bonchev–Trinajstić information content (AvgIpc) is 3.43. The highest BCUT2D eigenvalue weighted by atomic mass is 19.3. The van der Waals surface area contributed by atoms with Gasteiger partial charge in [-0.1, -0.05) is 18.9 Å². The molecule has 5 heterocycles. The van der Waals surface area contributed by atoms with Crippen molar-refractivity contribution in [3.63, 3.8) is 0 Å². The lowest BCUT2D eigenvalue weighted by atomic mass is 9.73. The van der Waals surface area contributed by atoms with Crippen molar-refractivity contribution in [1.29, 1.82) is 0 Å². The Kier molecular flexibility index (Phi) is 7.29. The van der Waals surface area contributed by atoms with Gasteiger partial charge in [-0.15, -0.1) is 6.42 Å². The van der Waals surface area contributed by atoms with E-state index in [-0.39, 0.29) is 94.8 Å². The van der Waals surface area contributed by atoms with Crippen molar-refractivity contribution in [2.24, 2.45) is 11.3 Å². The Hall–Kier alpha value is -4.41. The van der Waals surface area contributed by atoms with E-state index in [0.717, 1.165) is 18.9 Å². The topological polar surface area (TPSA) is 95.9 Å². The number of piperazine rings is 1. The second-order valence-electron chi connectivity index (χ2n) is 13.1. The number of aromatic nitrogens is 3. The minimum Gasteiger partial charge on any atom is -0.508 e. The lowest BCUT2D eigenvalue weighted by Gasteiger charge is -2.44. The monoisotopic (exact) mass is 667 g/mol. The molecule has 0 saturated carbocycles. The molecule has 3 saturated heterocycles. The maximum absolute atomic E-state index is 17.1. The number of halogens is 4. The summed E-state index contributed by atoms with van der Waals surface area (Å²) in [5.41, 5.74) is -2.13. The number of piperidine rings is 1. The number of hydrogen-bond acceptors (Lipinski definition) is 9. The number of hydrogen-bond donors (Lipinski definition) is 2. The summed E-state index contributed by atoms with van der Waals surface area (Å²) in [6.07, 6.45) is 4.72. The smallest absolute Gasteiger partial charge is 0.319 e. The van der Waals surface area contributed by atoms with E-state index in [2.05, 4.69) is 26.2 Å². The molecule has 4 atom stereocenters. The molecule has 3 fully saturated rings. The van der Waals surface area contributed by atoms with E-state index >= 15 is 4.39 Å². The van der Waals surface area contributed by atoms with Gasteiger partial charge in [-0.2, -0.15) is 9.97 Å². The van der Waals surface area contributed by atoms with Crippen LogP contribution in [0.25, 0.3) is 32.9 Å². The molecule has 0 amide bonds. The number of aromatic hydroxyl groups is 1. The Bertz CT molecular complexity index is 2050. The SMILES string of the molecule is [2H]C([2H])([2H])N1CC[C@H](C(F)F)[C@](C)(COc2nc(N3C[C@H]4CC[C@@H](C3)N4)c3c(OC)nc(-c4cc(O)cc5ccc(F)c(C#C)c45)c(F)c3n2)C1. The van der Waals surface area contributed by atoms with Crippen molar-refractivity contribution in [3.05, 3.63) is 41.5 Å². The summed E-state index contributed by atoms with van der Waals surface area (Å²) in [6, 6.07) is 5.09. The second-order valence-corrected chi connectivity index (χ2v) is 13.1. The summed E-state index contributed by atoms with van der Waals surface area (Å²) in [5, 5.41) is 14.8. The molecule has 2 aromatic heterocycles. The average molecular weight is 668 g/mol. The van der Waals surface area contributed by atoms with Crippen LogP contribution in [0.3, 0.4) is 0 Å². The summed E-state index contributed by atoms with van der Waals surface area (Å²) in [4.78, 5) is 16.8. The largest absolute Gasteiger partial charge is 0.508 e. The molecule has 4 aromatic rings. The number of ether oxygens (including phenoxy) is 2. The number of fused-ring (bicyclic) bond motifs is 4. The second kappa shape index (κ2) is 12.2. The maximum atomic E-state index is 17.1. The number of pyridine rings is 1. The molecule has 0 spiro atoms. The zero-order valence-corrected chi connectivity index (χ0v) is 26.4. The first-order valence-corrected chi connectivity index (χ1v) is 15.7. The number of rotatable bonds is 7. The van der Waals surface area contributed by atoms with E-state index < -0.39 is 36.4 Å². The zero-order chi connectivity index (χ0) is 36.4. The maximum Gasteiger partial charge on any atom is 0.319 e. The molecular weight excluding hydrogens is 628 g/mol. The quantitative estimate of drug-likeness (QED) is 0.200. The van der Waals surface area contributed by atoms with Crippen LogP contribution in [-0.4, -0.2) is 90.3 Å². The summed E-state index contributed by atoms with van der Waals surface area (Å²) in [5.74, 6) is -0.630. The summed E-state index contributed by atoms with van der Waals surface area (Å²) < 4.78 is 96.1. The van der Waals surface area contributed by atoms with Crippen molar-refractivity contribution >= 4 is 27.5 Å². The van der Waals surface area contributed by atoms with Gasteiger partial charge in [0.05, 0.1) is 19.3 Å². The molecule has 0 unspecified atom stereocenters. The molecule has 3 aliphatic heterocycles. The molecule has 13 heteroatoms. The first kappa shape index (κ1) is 28.6. The standard InChI is InChI=1S/C35H36F4N6O3/c1-5-22-25(36)9-6-18-12-21(46)13-23(26(18)22)29-28(37)30-27(33(41-29)47-4)32(45-14-19-7-8-20(15-45)40-19)43-34(42-30)48-17-35(2)16-44(3)11-10-24(35)31(38)39/h1,6,9,12-13,19-20,24,31,40,46H,7-8,10-11,14-17H2,2-4H3/t19-,20+,24-,35+/m1/s1/i3D3. The lowest BCUT2D eigenvalue weighted by molar-refractivity contribution is -0.0679. The highest BCUT2D eigenvalue weighted by molar-refractivity contribution is 6.04. The molecule has 48 heavy (non-hydrogen) atoms. The van der Waals surface area contributed by atoms with Crippen molar-refractivity contribution in [3.8, 4) is 41.2 Å².